The van der Waals surface area contributed by atoms with E-state index in [4.69, 9.17) is 74.3 Å². The van der Waals surface area contributed by atoms with Gasteiger partial charge in [0.05, 0.1) is 19.1 Å². The average molecular weight is 601 g/mol. The molecule has 1 rings (SSSR count). The molecule has 12 heteroatoms. The Bertz CT molecular complexity index is 786. The van der Waals surface area contributed by atoms with Crippen LogP contribution in [0.1, 0.15) is 60.3 Å². The molecule has 0 aliphatic carbocycles. The van der Waals surface area contributed by atoms with E-state index >= 15 is 0 Å². The largest absolute Gasteiger partial charge is 0.499 e. The van der Waals surface area contributed by atoms with E-state index in [1.165, 1.54) is 13.2 Å². The van der Waals surface area contributed by atoms with Crippen LogP contribution in [-0.2, 0) is 19.1 Å². The lowest BCUT2D eigenvalue weighted by Gasteiger charge is -2.35. The third kappa shape index (κ3) is 9.74. The Morgan fingerprint density at radius 3 is 2.03 bits per heavy atom. The van der Waals surface area contributed by atoms with Crippen molar-refractivity contribution in [2.45, 2.75) is 80.0 Å². The molecule has 0 aromatic rings. The van der Waals surface area contributed by atoms with Crippen molar-refractivity contribution in [3.63, 3.8) is 0 Å². The molecule has 196 valence electrons. The van der Waals surface area contributed by atoms with Crippen molar-refractivity contribution in [3.05, 3.63) is 11.8 Å². The predicted molar refractivity (Wildman–Crippen MR) is 139 cm³/mol. The van der Waals surface area contributed by atoms with Crippen molar-refractivity contribution in [1.82, 2.24) is 10.2 Å². The molecular formula is C22H32Cl6N2O4. The van der Waals surface area contributed by atoms with E-state index in [2.05, 4.69) is 5.32 Å². The van der Waals surface area contributed by atoms with E-state index in [0.29, 0.717) is 12.2 Å². The van der Waals surface area contributed by atoms with Crippen molar-refractivity contribution in [2.24, 2.45) is 17.3 Å². The summed E-state index contributed by atoms with van der Waals surface area (Å²) < 4.78 is 2.29. The lowest BCUT2D eigenvalue weighted by atomic mass is 9.85. The summed E-state index contributed by atoms with van der Waals surface area (Å²) in [5.74, 6) is -1.97. The topological polar surface area (TPSA) is 75.7 Å². The molecule has 0 spiro atoms. The van der Waals surface area contributed by atoms with Gasteiger partial charge in [-0.1, -0.05) is 104 Å². The predicted octanol–water partition coefficient (Wildman–Crippen LogP) is 6.36. The Morgan fingerprint density at radius 1 is 1.06 bits per heavy atom. The van der Waals surface area contributed by atoms with E-state index in [0.717, 1.165) is 4.90 Å². The monoisotopic (exact) mass is 598 g/mol. The highest BCUT2D eigenvalue weighted by atomic mass is 35.6. The quantitative estimate of drug-likeness (QED) is 0.313. The van der Waals surface area contributed by atoms with Gasteiger partial charge in [0, 0.05) is 17.5 Å². The second-order valence-electron chi connectivity index (χ2n) is 9.64. The van der Waals surface area contributed by atoms with E-state index in [1.54, 1.807) is 27.7 Å². The first kappa shape index (κ1) is 31.9. The van der Waals surface area contributed by atoms with Crippen molar-refractivity contribution in [3.8, 4) is 0 Å². The zero-order valence-electron chi connectivity index (χ0n) is 20.1. The van der Waals surface area contributed by atoms with Gasteiger partial charge in [-0.3, -0.25) is 19.3 Å². The maximum absolute atomic E-state index is 13.6. The van der Waals surface area contributed by atoms with Gasteiger partial charge in [0.15, 0.2) is 7.59 Å². The van der Waals surface area contributed by atoms with Crippen molar-refractivity contribution >= 4 is 87.3 Å². The van der Waals surface area contributed by atoms with Crippen LogP contribution in [0.15, 0.2) is 11.8 Å². The number of methoxy groups -OCH3 is 1. The number of ether oxygens (including phenoxy) is 1. The SMILES string of the molecule is COC1=CC(=O)N(C(=O)C(C)C(NC(=O)C(C)(C)C)C(C)CCC(Cl)(Cl)Cl)C1CCC(Cl)(Cl)Cl. The molecule has 0 fully saturated rings. The lowest BCUT2D eigenvalue weighted by molar-refractivity contribution is -0.147. The minimum absolute atomic E-state index is 0.0956. The molecule has 4 unspecified atom stereocenters. The molecule has 1 heterocycles. The second-order valence-corrected chi connectivity index (χ2v) is 14.7. The van der Waals surface area contributed by atoms with Crippen molar-refractivity contribution in [1.29, 1.82) is 0 Å². The molecular weight excluding hydrogens is 569 g/mol. The van der Waals surface area contributed by atoms with Crippen LogP contribution in [0.25, 0.3) is 0 Å². The number of imide groups is 1. The van der Waals surface area contributed by atoms with Crippen LogP contribution in [0.4, 0.5) is 0 Å². The van der Waals surface area contributed by atoms with Gasteiger partial charge in [0.25, 0.3) is 5.91 Å². The standard InChI is InChI=1S/C22H32Cl6N2O4/c1-12(7-9-21(23,24)25)17(29-19(33)20(3,4)5)13(2)18(32)30-14(8-10-22(26,27)28)15(34-6)11-16(30)31/h11-14,17H,7-10H2,1-6H3,(H,29,33). The normalized spacial score (nSPS) is 20.0. The number of nitrogens with zero attached hydrogens (tertiary/aromatic N) is 1. The summed E-state index contributed by atoms with van der Waals surface area (Å²) in [6.07, 6.45) is 2.20. The Hall–Kier alpha value is -0.110. The van der Waals surface area contributed by atoms with E-state index < -0.39 is 42.8 Å². The number of amides is 3. The van der Waals surface area contributed by atoms with E-state index in [9.17, 15) is 14.4 Å². The fraction of sp³-hybridized carbons (Fsp3) is 0.773. The molecule has 0 bridgehead atoms. The smallest absolute Gasteiger partial charge is 0.257 e. The average Bonchev–Trinajstić information content (AvgIpc) is 3.00. The minimum atomic E-state index is -1.56. The molecule has 4 atom stereocenters. The third-order valence-electron chi connectivity index (χ3n) is 5.72. The highest BCUT2D eigenvalue weighted by molar-refractivity contribution is 6.67. The fourth-order valence-corrected chi connectivity index (χ4v) is 4.32. The van der Waals surface area contributed by atoms with Gasteiger partial charge < -0.3 is 10.1 Å². The number of rotatable bonds is 9. The molecule has 0 aromatic carbocycles. The molecule has 6 nitrogen and oxygen atoms in total. The summed E-state index contributed by atoms with van der Waals surface area (Å²) in [5.41, 5.74) is -0.697. The molecule has 0 saturated heterocycles. The van der Waals surface area contributed by atoms with Crippen molar-refractivity contribution < 1.29 is 19.1 Å². The highest BCUT2D eigenvalue weighted by Crippen LogP contribution is 2.37. The van der Waals surface area contributed by atoms with Gasteiger partial charge in [0.2, 0.25) is 11.8 Å². The molecule has 0 radical (unpaired) electrons. The van der Waals surface area contributed by atoms with Crippen LogP contribution in [0.2, 0.25) is 0 Å². The van der Waals surface area contributed by atoms with Crippen LogP contribution in [0.3, 0.4) is 0 Å². The number of alkyl halides is 6. The summed E-state index contributed by atoms with van der Waals surface area (Å²) in [5, 5.41) is 2.97. The summed E-state index contributed by atoms with van der Waals surface area (Å²) in [7, 11) is 1.41. The zero-order valence-corrected chi connectivity index (χ0v) is 24.6. The molecule has 3 amide bonds. The molecule has 1 aliphatic rings. The maximum Gasteiger partial charge on any atom is 0.257 e. The highest BCUT2D eigenvalue weighted by Gasteiger charge is 2.44. The fourth-order valence-electron chi connectivity index (χ4n) is 3.67. The Labute approximate surface area is 231 Å². The van der Waals surface area contributed by atoms with E-state index in [-0.39, 0.29) is 31.1 Å². The van der Waals surface area contributed by atoms with Crippen LogP contribution in [0.5, 0.6) is 0 Å². The number of carbonyl (C=O) groups excluding carboxylic acids is 3. The van der Waals surface area contributed by atoms with Crippen LogP contribution < -0.4 is 5.32 Å². The molecule has 1 N–H and O–H groups in total. The molecule has 34 heavy (non-hydrogen) atoms. The van der Waals surface area contributed by atoms with Gasteiger partial charge in [-0.05, 0) is 31.6 Å². The Kier molecular flexibility index (Phi) is 11.7. The van der Waals surface area contributed by atoms with Gasteiger partial charge in [0.1, 0.15) is 5.76 Å². The summed E-state index contributed by atoms with van der Waals surface area (Å²) in [4.78, 5) is 40.3. The van der Waals surface area contributed by atoms with Gasteiger partial charge in [-0.15, -0.1) is 0 Å². The van der Waals surface area contributed by atoms with E-state index in [1.807, 2.05) is 6.92 Å². The lowest BCUT2D eigenvalue weighted by Crippen LogP contribution is -2.54. The molecule has 1 aliphatic heterocycles. The first-order valence-electron chi connectivity index (χ1n) is 10.9. The number of hydrogen-bond acceptors (Lipinski definition) is 4. The zero-order chi connectivity index (χ0) is 26.6. The third-order valence-corrected chi connectivity index (χ3v) is 6.85. The maximum atomic E-state index is 13.6. The number of nitrogens with one attached hydrogen (secondary N) is 1. The van der Waals surface area contributed by atoms with Crippen molar-refractivity contribution in [2.75, 3.05) is 7.11 Å². The van der Waals surface area contributed by atoms with Gasteiger partial charge in [-0.25, -0.2) is 0 Å². The first-order valence-corrected chi connectivity index (χ1v) is 13.1. The molecule has 0 saturated carbocycles. The second kappa shape index (κ2) is 12.4. The number of hydrogen-bond donors (Lipinski definition) is 1. The Balaban J connectivity index is 3.22. The van der Waals surface area contributed by atoms with Crippen LogP contribution in [-0.4, -0.2) is 49.4 Å². The van der Waals surface area contributed by atoms with Gasteiger partial charge in [-0.2, -0.15) is 0 Å². The Morgan fingerprint density at radius 2 is 1.59 bits per heavy atom. The minimum Gasteiger partial charge on any atom is -0.499 e. The van der Waals surface area contributed by atoms with Gasteiger partial charge >= 0.3 is 0 Å². The summed E-state index contributed by atoms with van der Waals surface area (Å²) >= 11 is 35.4. The first-order chi connectivity index (χ1) is 15.3. The summed E-state index contributed by atoms with van der Waals surface area (Å²) in [6, 6.07) is -1.35. The van der Waals surface area contributed by atoms with Crippen LogP contribution >= 0.6 is 69.6 Å². The number of halogens is 6. The number of carbonyl (C=O) groups is 3. The van der Waals surface area contributed by atoms with Crippen LogP contribution in [0, 0.1) is 17.3 Å². The molecule has 0 aromatic heterocycles. The summed E-state index contributed by atoms with van der Waals surface area (Å²) in [6.45, 7) is 8.82.